The maximum atomic E-state index is 4.71. The Morgan fingerprint density at radius 3 is 2.64 bits per heavy atom. The molecule has 0 saturated carbocycles. The second kappa shape index (κ2) is 6.08. The van der Waals surface area contributed by atoms with Crippen molar-refractivity contribution in [1.82, 2.24) is 0 Å². The minimum Gasteiger partial charge on any atom is -0.261 e. The molecule has 0 amide bonds. The highest BCUT2D eigenvalue weighted by atomic mass is 14.7. The van der Waals surface area contributed by atoms with E-state index in [9.17, 15) is 0 Å². The van der Waals surface area contributed by atoms with Crippen LogP contribution < -0.4 is 0 Å². The second-order valence-electron chi connectivity index (χ2n) is 6.46. The molecule has 3 rings (SSSR count). The Morgan fingerprint density at radius 1 is 1.09 bits per heavy atom. The lowest BCUT2D eigenvalue weighted by molar-refractivity contribution is 0.667. The Labute approximate surface area is 134 Å². The quantitative estimate of drug-likeness (QED) is 0.676. The van der Waals surface area contributed by atoms with E-state index in [1.807, 2.05) is 0 Å². The lowest BCUT2D eigenvalue weighted by atomic mass is 9.89. The van der Waals surface area contributed by atoms with Crippen LogP contribution in [0.2, 0.25) is 0 Å². The first kappa shape index (κ1) is 15.0. The molecule has 1 heterocycles. The minimum atomic E-state index is 0.603. The molecule has 2 aromatic carbocycles. The Balaban J connectivity index is 2.08. The first-order valence-corrected chi connectivity index (χ1v) is 8.40. The normalized spacial score (nSPS) is 16.6. The molecular weight excluding hydrogens is 266 g/mol. The van der Waals surface area contributed by atoms with Gasteiger partial charge in [0.15, 0.2) is 0 Å². The first-order valence-electron chi connectivity index (χ1n) is 8.40. The smallest absolute Gasteiger partial charge is 0.0664 e. The van der Waals surface area contributed by atoms with Crippen molar-refractivity contribution in [3.8, 4) is 11.1 Å². The molecular formula is C21H25N. The van der Waals surface area contributed by atoms with E-state index in [0.29, 0.717) is 5.92 Å². The van der Waals surface area contributed by atoms with Crippen molar-refractivity contribution in [1.29, 1.82) is 0 Å². The summed E-state index contributed by atoms with van der Waals surface area (Å²) in [7, 11) is 0. The number of nitrogens with zero attached hydrogens (tertiary/aromatic N) is 1. The number of rotatable bonds is 3. The molecule has 22 heavy (non-hydrogen) atoms. The fourth-order valence-corrected chi connectivity index (χ4v) is 3.52. The summed E-state index contributed by atoms with van der Waals surface area (Å²) in [4.78, 5) is 4.71. The number of aryl methyl sites for hydroxylation is 2. The lowest BCUT2D eigenvalue weighted by Crippen LogP contribution is -2.08. The Bertz CT molecular complexity index is 725. The van der Waals surface area contributed by atoms with Gasteiger partial charge < -0.3 is 0 Å². The van der Waals surface area contributed by atoms with E-state index in [-0.39, 0.29) is 0 Å². The van der Waals surface area contributed by atoms with Crippen molar-refractivity contribution < 1.29 is 0 Å². The summed E-state index contributed by atoms with van der Waals surface area (Å²) in [6.45, 7) is 8.87. The Morgan fingerprint density at radius 2 is 1.91 bits per heavy atom. The number of fused-ring (bicyclic) bond motifs is 1. The molecule has 1 aliphatic heterocycles. The van der Waals surface area contributed by atoms with Crippen LogP contribution in [-0.4, -0.2) is 6.21 Å². The largest absolute Gasteiger partial charge is 0.261 e. The monoisotopic (exact) mass is 291 g/mol. The zero-order valence-corrected chi connectivity index (χ0v) is 14.1. The average Bonchev–Trinajstić information content (AvgIpc) is 2.53. The van der Waals surface area contributed by atoms with Gasteiger partial charge in [0.05, 0.1) is 5.69 Å². The molecule has 1 aliphatic rings. The third-order valence-corrected chi connectivity index (χ3v) is 4.80. The third kappa shape index (κ3) is 2.72. The maximum Gasteiger partial charge on any atom is 0.0664 e. The Hall–Kier alpha value is -1.89. The van der Waals surface area contributed by atoms with Gasteiger partial charge in [-0.15, -0.1) is 0 Å². The predicted molar refractivity (Wildman–Crippen MR) is 96.4 cm³/mol. The van der Waals surface area contributed by atoms with Crippen LogP contribution >= 0.6 is 0 Å². The molecule has 0 aliphatic carbocycles. The van der Waals surface area contributed by atoms with Gasteiger partial charge in [0, 0.05) is 6.21 Å². The summed E-state index contributed by atoms with van der Waals surface area (Å²) in [5.41, 5.74) is 9.40. The van der Waals surface area contributed by atoms with Crippen LogP contribution in [0.3, 0.4) is 0 Å². The maximum absolute atomic E-state index is 4.71. The van der Waals surface area contributed by atoms with Gasteiger partial charge in [0.25, 0.3) is 0 Å². The molecule has 0 N–H and O–H groups in total. The zero-order chi connectivity index (χ0) is 15.7. The van der Waals surface area contributed by atoms with Crippen molar-refractivity contribution in [2.75, 3.05) is 0 Å². The van der Waals surface area contributed by atoms with E-state index in [2.05, 4.69) is 64.2 Å². The fraction of sp³-hybridized carbons (Fsp3) is 0.381. The molecule has 1 atom stereocenters. The van der Waals surface area contributed by atoms with Gasteiger partial charge in [0.1, 0.15) is 0 Å². The topological polar surface area (TPSA) is 12.4 Å². The number of hydrogen-bond acceptors (Lipinski definition) is 1. The van der Waals surface area contributed by atoms with Crippen molar-refractivity contribution in [3.05, 3.63) is 52.6 Å². The van der Waals surface area contributed by atoms with Crippen LogP contribution in [0.4, 0.5) is 5.69 Å². The van der Waals surface area contributed by atoms with E-state index in [0.717, 1.165) is 18.5 Å². The number of benzene rings is 2. The van der Waals surface area contributed by atoms with Crippen LogP contribution in [0, 0.1) is 19.8 Å². The molecule has 1 heteroatoms. The minimum absolute atomic E-state index is 0.603. The summed E-state index contributed by atoms with van der Waals surface area (Å²) in [5.74, 6) is 0.603. The summed E-state index contributed by atoms with van der Waals surface area (Å²) < 4.78 is 0. The van der Waals surface area contributed by atoms with Gasteiger partial charge in [0.2, 0.25) is 0 Å². The number of hydrogen-bond donors (Lipinski definition) is 0. The summed E-state index contributed by atoms with van der Waals surface area (Å²) in [5, 5.41) is 0. The van der Waals surface area contributed by atoms with Crippen LogP contribution in [0.15, 0.2) is 35.3 Å². The van der Waals surface area contributed by atoms with Gasteiger partial charge in [-0.3, -0.25) is 4.99 Å². The summed E-state index contributed by atoms with van der Waals surface area (Å²) >= 11 is 0. The SMILES string of the molecule is CCc1c(C)cc(C)cc1-c1ccc2c(c1)N=CC(CC)C2. The van der Waals surface area contributed by atoms with E-state index in [1.54, 1.807) is 0 Å². The van der Waals surface area contributed by atoms with Crippen molar-refractivity contribution >= 4 is 11.9 Å². The highest BCUT2D eigenvalue weighted by Crippen LogP contribution is 2.34. The standard InChI is InChI=1S/C21H25N/c1-5-16-11-18-8-7-17(12-21(18)22-13-16)20-10-14(3)9-15(4)19(20)6-2/h7-10,12-13,16H,5-6,11H2,1-4H3. The van der Waals surface area contributed by atoms with E-state index < -0.39 is 0 Å². The molecule has 0 spiro atoms. The van der Waals surface area contributed by atoms with E-state index in [1.165, 1.54) is 39.8 Å². The first-order chi connectivity index (χ1) is 10.6. The predicted octanol–water partition coefficient (Wildman–Crippen LogP) is 5.82. The highest BCUT2D eigenvalue weighted by Gasteiger charge is 2.15. The summed E-state index contributed by atoms with van der Waals surface area (Å²) in [6, 6.07) is 11.4. The highest BCUT2D eigenvalue weighted by molar-refractivity contribution is 5.77. The zero-order valence-electron chi connectivity index (χ0n) is 14.1. The van der Waals surface area contributed by atoms with Crippen molar-refractivity contribution in [2.45, 2.75) is 47.0 Å². The van der Waals surface area contributed by atoms with Crippen LogP contribution in [0.5, 0.6) is 0 Å². The van der Waals surface area contributed by atoms with Gasteiger partial charge in [-0.05, 0) is 72.9 Å². The third-order valence-electron chi connectivity index (χ3n) is 4.80. The van der Waals surface area contributed by atoms with Gasteiger partial charge in [-0.25, -0.2) is 0 Å². The van der Waals surface area contributed by atoms with Gasteiger partial charge in [-0.2, -0.15) is 0 Å². The molecule has 0 radical (unpaired) electrons. The number of aliphatic imine (C=N–C) groups is 1. The van der Waals surface area contributed by atoms with Crippen molar-refractivity contribution in [2.24, 2.45) is 10.9 Å². The molecule has 1 nitrogen and oxygen atoms in total. The second-order valence-corrected chi connectivity index (χ2v) is 6.46. The molecule has 0 saturated heterocycles. The van der Waals surface area contributed by atoms with E-state index in [4.69, 9.17) is 4.99 Å². The molecule has 1 unspecified atom stereocenters. The molecule has 0 fully saturated rings. The van der Waals surface area contributed by atoms with E-state index >= 15 is 0 Å². The van der Waals surface area contributed by atoms with Crippen molar-refractivity contribution in [3.63, 3.8) is 0 Å². The molecule has 2 aromatic rings. The average molecular weight is 291 g/mol. The van der Waals surface area contributed by atoms with Crippen LogP contribution in [-0.2, 0) is 12.8 Å². The van der Waals surface area contributed by atoms with Gasteiger partial charge >= 0.3 is 0 Å². The lowest BCUT2D eigenvalue weighted by Gasteiger charge is -2.19. The van der Waals surface area contributed by atoms with Crippen LogP contribution in [0.25, 0.3) is 11.1 Å². The fourth-order valence-electron chi connectivity index (χ4n) is 3.52. The Kier molecular flexibility index (Phi) is 4.15. The van der Waals surface area contributed by atoms with Gasteiger partial charge in [-0.1, -0.05) is 43.7 Å². The molecule has 0 aromatic heterocycles. The van der Waals surface area contributed by atoms with Crippen LogP contribution in [0.1, 0.15) is 42.5 Å². The summed E-state index contributed by atoms with van der Waals surface area (Å²) in [6.07, 6.45) is 5.50. The molecule has 0 bridgehead atoms. The molecule has 114 valence electrons.